The highest BCUT2D eigenvalue weighted by molar-refractivity contribution is 5.58. The van der Waals surface area contributed by atoms with Crippen molar-refractivity contribution >= 4 is 0 Å². The molecule has 0 fully saturated rings. The minimum absolute atomic E-state index is 0.185. The van der Waals surface area contributed by atoms with E-state index >= 15 is 0 Å². The summed E-state index contributed by atoms with van der Waals surface area (Å²) in [5, 5.41) is 0. The van der Waals surface area contributed by atoms with Gasteiger partial charge in [-0.15, -0.1) is 0 Å². The van der Waals surface area contributed by atoms with Crippen LogP contribution in [0.4, 0.5) is 0 Å². The van der Waals surface area contributed by atoms with Gasteiger partial charge in [0.1, 0.15) is 0 Å². The topological polar surface area (TPSA) is 0 Å². The van der Waals surface area contributed by atoms with E-state index in [1.807, 2.05) is 0 Å². The smallest absolute Gasteiger partial charge is 0.0622 e. The molecule has 0 atom stereocenters. The van der Waals surface area contributed by atoms with Crippen molar-refractivity contribution in [3.05, 3.63) is 185 Å². The molecule has 0 aliphatic rings. The Morgan fingerprint density at radius 1 is 0.344 bits per heavy atom. The quantitative estimate of drug-likeness (QED) is 0.198. The zero-order valence-electron chi connectivity index (χ0n) is 17.9. The molecule has 0 aromatic heterocycles. The normalized spacial score (nSPS) is 10.8. The largest absolute Gasteiger partial charge is 0.0632 e. The maximum Gasteiger partial charge on any atom is 0.0632 e. The molecule has 5 rings (SSSR count). The van der Waals surface area contributed by atoms with Crippen LogP contribution < -0.4 is 0 Å². The van der Waals surface area contributed by atoms with Gasteiger partial charge in [0.2, 0.25) is 0 Å². The maximum absolute atomic E-state index is 2.36. The fraction of sp³-hybridized carbons (Fsp3) is 0.0312. The van der Waals surface area contributed by atoms with Crippen molar-refractivity contribution in [2.24, 2.45) is 0 Å². The lowest BCUT2D eigenvalue weighted by Gasteiger charge is -2.20. The van der Waals surface area contributed by atoms with Gasteiger partial charge in [0, 0.05) is 5.92 Å². The van der Waals surface area contributed by atoms with Gasteiger partial charge >= 0.3 is 0 Å². The van der Waals surface area contributed by atoms with E-state index in [0.717, 1.165) is 0 Å². The third-order valence-corrected chi connectivity index (χ3v) is 5.90. The third-order valence-electron chi connectivity index (χ3n) is 5.90. The van der Waals surface area contributed by atoms with Crippen LogP contribution in [-0.2, 0) is 0 Å². The molecular weight excluding hydrogens is 384 g/mol. The van der Waals surface area contributed by atoms with Crippen molar-refractivity contribution in [3.63, 3.8) is 0 Å². The van der Waals surface area contributed by atoms with Crippen LogP contribution in [-0.4, -0.2) is 0 Å². The first-order valence-corrected chi connectivity index (χ1v) is 11.1. The zero-order chi connectivity index (χ0) is 21.6. The molecule has 0 unspecified atom stereocenters. The standard InChI is InChI=1S/C32H25/c1-5-14-25(15-6-1)31(26-16-7-2-8-17-26)29-22-13-23-30(24-29)32(27-18-9-3-10-19-27)28-20-11-4-12-21-28/h1-24,31H/q+1. The van der Waals surface area contributed by atoms with Crippen LogP contribution in [0.1, 0.15) is 39.3 Å². The predicted molar refractivity (Wildman–Crippen MR) is 134 cm³/mol. The molecule has 152 valence electrons. The molecule has 5 aromatic rings. The number of rotatable bonds is 6. The third kappa shape index (κ3) is 4.22. The molecule has 0 N–H and O–H groups in total. The van der Waals surface area contributed by atoms with Gasteiger partial charge in [-0.1, -0.05) is 72.8 Å². The van der Waals surface area contributed by atoms with Crippen molar-refractivity contribution in [2.75, 3.05) is 0 Å². The Balaban J connectivity index is 1.65. The van der Waals surface area contributed by atoms with Crippen molar-refractivity contribution in [2.45, 2.75) is 5.92 Å². The van der Waals surface area contributed by atoms with Crippen LogP contribution in [0.5, 0.6) is 0 Å². The highest BCUT2D eigenvalue weighted by Crippen LogP contribution is 2.36. The van der Waals surface area contributed by atoms with Crippen LogP contribution in [0.2, 0.25) is 0 Å². The highest BCUT2D eigenvalue weighted by atomic mass is 14.2. The van der Waals surface area contributed by atoms with Gasteiger partial charge < -0.3 is 0 Å². The van der Waals surface area contributed by atoms with Gasteiger partial charge in [0.15, 0.2) is 0 Å². The second-order valence-electron chi connectivity index (χ2n) is 7.99. The summed E-state index contributed by atoms with van der Waals surface area (Å²) >= 11 is 0. The van der Waals surface area contributed by atoms with Crippen LogP contribution in [0, 0.1) is 5.92 Å². The summed E-state index contributed by atoms with van der Waals surface area (Å²) in [7, 11) is 0. The summed E-state index contributed by atoms with van der Waals surface area (Å²) in [5.74, 6) is 1.44. The summed E-state index contributed by atoms with van der Waals surface area (Å²) in [4.78, 5) is 0. The molecule has 32 heavy (non-hydrogen) atoms. The van der Waals surface area contributed by atoms with Crippen molar-refractivity contribution in [3.8, 4) is 0 Å². The van der Waals surface area contributed by atoms with Gasteiger partial charge in [-0.3, -0.25) is 0 Å². The van der Waals surface area contributed by atoms with Gasteiger partial charge in [-0.2, -0.15) is 0 Å². The first-order chi connectivity index (χ1) is 15.9. The molecule has 0 nitrogen and oxygen atoms in total. The molecular formula is C32H25+. The summed E-state index contributed by atoms with van der Waals surface area (Å²) in [6, 6.07) is 52.0. The van der Waals surface area contributed by atoms with E-state index in [1.54, 1.807) is 0 Å². The Labute approximate surface area is 190 Å². The summed E-state index contributed by atoms with van der Waals surface area (Å²) in [6.45, 7) is 0. The minimum Gasteiger partial charge on any atom is -0.0622 e. The SMILES string of the molecule is c1ccc([C+](c2ccccc2)c2cccc(C(c3ccccc3)c3ccccc3)c2)cc1. The Morgan fingerprint density at radius 3 is 1.19 bits per heavy atom. The summed E-state index contributed by atoms with van der Waals surface area (Å²) < 4.78 is 0. The average Bonchev–Trinajstić information content (AvgIpc) is 2.87. The van der Waals surface area contributed by atoms with Crippen molar-refractivity contribution < 1.29 is 0 Å². The number of hydrogen-bond acceptors (Lipinski definition) is 0. The second-order valence-corrected chi connectivity index (χ2v) is 7.99. The fourth-order valence-electron chi connectivity index (χ4n) is 4.45. The predicted octanol–water partition coefficient (Wildman–Crippen LogP) is 7.89. The van der Waals surface area contributed by atoms with Crippen molar-refractivity contribution in [1.82, 2.24) is 0 Å². The Hall–Kier alpha value is -4.03. The first kappa shape index (κ1) is 19.9. The summed E-state index contributed by atoms with van der Waals surface area (Å²) in [6.07, 6.45) is 0. The molecule has 0 saturated carbocycles. The Kier molecular flexibility index (Phi) is 5.85. The number of benzene rings is 5. The Morgan fingerprint density at radius 2 is 0.719 bits per heavy atom. The molecule has 0 amide bonds. The fourth-order valence-corrected chi connectivity index (χ4v) is 4.45. The zero-order valence-corrected chi connectivity index (χ0v) is 17.9. The average molecular weight is 410 g/mol. The first-order valence-electron chi connectivity index (χ1n) is 11.1. The van der Waals surface area contributed by atoms with Gasteiger partial charge in [0.25, 0.3) is 0 Å². The van der Waals surface area contributed by atoms with E-state index < -0.39 is 0 Å². The molecule has 0 bridgehead atoms. The molecule has 0 radical (unpaired) electrons. The lowest BCUT2D eigenvalue weighted by atomic mass is 9.80. The van der Waals surface area contributed by atoms with Crippen LogP contribution in [0.3, 0.4) is 0 Å². The van der Waals surface area contributed by atoms with Gasteiger partial charge in [-0.05, 0) is 89.5 Å². The molecule has 0 saturated heterocycles. The lowest BCUT2D eigenvalue weighted by molar-refractivity contribution is 0.973. The van der Waals surface area contributed by atoms with E-state index in [9.17, 15) is 0 Å². The van der Waals surface area contributed by atoms with E-state index in [2.05, 4.69) is 146 Å². The van der Waals surface area contributed by atoms with Crippen molar-refractivity contribution in [1.29, 1.82) is 0 Å². The van der Waals surface area contributed by atoms with E-state index in [-0.39, 0.29) is 5.92 Å². The lowest BCUT2D eigenvalue weighted by Crippen LogP contribution is -2.08. The maximum atomic E-state index is 2.36. The monoisotopic (exact) mass is 409 g/mol. The summed E-state index contributed by atoms with van der Waals surface area (Å²) in [5.41, 5.74) is 7.59. The highest BCUT2D eigenvalue weighted by Gasteiger charge is 2.24. The molecule has 0 aliphatic heterocycles. The second kappa shape index (κ2) is 9.41. The van der Waals surface area contributed by atoms with Gasteiger partial charge in [-0.25, -0.2) is 0 Å². The van der Waals surface area contributed by atoms with E-state index in [4.69, 9.17) is 0 Å². The van der Waals surface area contributed by atoms with Gasteiger partial charge in [0.05, 0.1) is 22.6 Å². The number of hydrogen-bond donors (Lipinski definition) is 0. The molecule has 0 spiro atoms. The van der Waals surface area contributed by atoms with Crippen LogP contribution >= 0.6 is 0 Å². The minimum atomic E-state index is 0.185. The molecule has 0 aliphatic carbocycles. The van der Waals surface area contributed by atoms with E-state index in [1.165, 1.54) is 39.3 Å². The van der Waals surface area contributed by atoms with E-state index in [0.29, 0.717) is 0 Å². The molecule has 0 heteroatoms. The Bertz CT molecular complexity index is 1070. The molecule has 5 aromatic carbocycles. The van der Waals surface area contributed by atoms with Crippen LogP contribution in [0.25, 0.3) is 0 Å². The molecule has 0 heterocycles. The van der Waals surface area contributed by atoms with Crippen LogP contribution in [0.15, 0.2) is 146 Å².